The van der Waals surface area contributed by atoms with Gasteiger partial charge in [-0.3, -0.25) is 9.78 Å². The van der Waals surface area contributed by atoms with Crippen LogP contribution in [0.4, 0.5) is 5.69 Å². The Balaban J connectivity index is 1.45. The van der Waals surface area contributed by atoms with Crippen molar-refractivity contribution in [2.24, 2.45) is 0 Å². The maximum atomic E-state index is 13.0. The molecule has 1 aliphatic heterocycles. The van der Waals surface area contributed by atoms with Crippen molar-refractivity contribution in [3.05, 3.63) is 108 Å². The Morgan fingerprint density at radius 1 is 1.08 bits per heavy atom. The van der Waals surface area contributed by atoms with Gasteiger partial charge in [0.15, 0.2) is 5.11 Å². The first-order valence-electron chi connectivity index (χ1n) is 12.6. The van der Waals surface area contributed by atoms with E-state index in [1.807, 2.05) is 86.8 Å². The van der Waals surface area contributed by atoms with Crippen LogP contribution in [0.15, 0.2) is 85.2 Å². The maximum Gasteiger partial charge on any atom is 0.226 e. The highest BCUT2D eigenvalue weighted by Gasteiger charge is 2.41. The van der Waals surface area contributed by atoms with Gasteiger partial charge in [-0.1, -0.05) is 24.3 Å². The highest BCUT2D eigenvalue weighted by molar-refractivity contribution is 7.80. The van der Waals surface area contributed by atoms with Crippen molar-refractivity contribution in [2.45, 2.75) is 32.4 Å². The lowest BCUT2D eigenvalue weighted by atomic mass is 10.0. The van der Waals surface area contributed by atoms with Crippen LogP contribution < -0.4 is 15.4 Å². The van der Waals surface area contributed by atoms with E-state index in [4.69, 9.17) is 17.0 Å². The van der Waals surface area contributed by atoms with Crippen LogP contribution in [0.5, 0.6) is 5.75 Å². The molecule has 194 valence electrons. The van der Waals surface area contributed by atoms with Crippen LogP contribution in [-0.4, -0.2) is 39.1 Å². The second kappa shape index (κ2) is 11.1. The summed E-state index contributed by atoms with van der Waals surface area (Å²) in [4.78, 5) is 19.7. The molecule has 0 saturated carbocycles. The van der Waals surface area contributed by atoms with Crippen molar-refractivity contribution >= 4 is 28.9 Å². The number of thiocarbonyl (C=S) groups is 1. The summed E-state index contributed by atoms with van der Waals surface area (Å²) < 4.78 is 7.61. The molecule has 2 aromatic carbocycles. The molecule has 1 saturated heterocycles. The SMILES string of the molecule is COc1cccc(-n2cccc2[C@@H]2[C@H](c3ccccn3)NC(=S)N2CCC(=O)Nc2cc(C)ccc2C)c1. The van der Waals surface area contributed by atoms with Gasteiger partial charge in [-0.25, -0.2) is 0 Å². The van der Waals surface area contributed by atoms with Crippen LogP contribution >= 0.6 is 12.2 Å². The third-order valence-corrected chi connectivity index (χ3v) is 7.21. The number of carbonyl (C=O) groups is 1. The van der Waals surface area contributed by atoms with Crippen molar-refractivity contribution in [3.63, 3.8) is 0 Å². The topological polar surface area (TPSA) is 71.4 Å². The number of aryl methyl sites for hydroxylation is 2. The molecule has 0 bridgehead atoms. The van der Waals surface area contributed by atoms with Crippen LogP contribution in [0.3, 0.4) is 0 Å². The summed E-state index contributed by atoms with van der Waals surface area (Å²) in [7, 11) is 1.66. The van der Waals surface area contributed by atoms with Gasteiger partial charge in [-0.05, 0) is 79.7 Å². The Labute approximate surface area is 228 Å². The van der Waals surface area contributed by atoms with E-state index in [-0.39, 0.29) is 18.0 Å². The molecule has 8 heteroatoms. The third-order valence-electron chi connectivity index (χ3n) is 6.86. The molecule has 4 aromatic rings. The molecular formula is C30H31N5O2S. The molecule has 1 aliphatic rings. The molecule has 2 aromatic heterocycles. The number of pyridine rings is 1. The number of nitrogens with one attached hydrogen (secondary N) is 2. The molecule has 3 heterocycles. The fourth-order valence-electron chi connectivity index (χ4n) is 4.90. The monoisotopic (exact) mass is 525 g/mol. The normalized spacial score (nSPS) is 16.8. The summed E-state index contributed by atoms with van der Waals surface area (Å²) in [5.74, 6) is 0.730. The lowest BCUT2D eigenvalue weighted by molar-refractivity contribution is -0.116. The van der Waals surface area contributed by atoms with E-state index in [9.17, 15) is 4.79 Å². The van der Waals surface area contributed by atoms with Gasteiger partial charge in [0.25, 0.3) is 0 Å². The van der Waals surface area contributed by atoms with E-state index in [0.29, 0.717) is 18.1 Å². The van der Waals surface area contributed by atoms with Gasteiger partial charge in [0.05, 0.1) is 24.9 Å². The molecule has 0 aliphatic carbocycles. The first-order valence-corrected chi connectivity index (χ1v) is 13.0. The van der Waals surface area contributed by atoms with Crippen molar-refractivity contribution < 1.29 is 9.53 Å². The molecule has 1 amide bonds. The van der Waals surface area contributed by atoms with Gasteiger partial charge in [0, 0.05) is 48.5 Å². The van der Waals surface area contributed by atoms with Gasteiger partial charge >= 0.3 is 0 Å². The number of amides is 1. The molecule has 2 atom stereocenters. The average Bonchev–Trinajstić information content (AvgIpc) is 3.54. The van der Waals surface area contributed by atoms with E-state index < -0.39 is 0 Å². The number of hydrogen-bond acceptors (Lipinski definition) is 4. The average molecular weight is 526 g/mol. The number of methoxy groups -OCH3 is 1. The van der Waals surface area contributed by atoms with Gasteiger partial charge in [0.1, 0.15) is 5.75 Å². The van der Waals surface area contributed by atoms with E-state index in [0.717, 1.165) is 39.6 Å². The van der Waals surface area contributed by atoms with Crippen molar-refractivity contribution in [1.82, 2.24) is 19.8 Å². The Bertz CT molecular complexity index is 1450. The first kappa shape index (κ1) is 25.5. The van der Waals surface area contributed by atoms with E-state index >= 15 is 0 Å². The zero-order valence-electron chi connectivity index (χ0n) is 21.7. The number of aromatic nitrogens is 2. The minimum absolute atomic E-state index is 0.0512. The van der Waals surface area contributed by atoms with Crippen LogP contribution in [0, 0.1) is 13.8 Å². The van der Waals surface area contributed by atoms with Crippen LogP contribution in [-0.2, 0) is 4.79 Å². The molecule has 5 rings (SSSR count). The number of ether oxygens (including phenoxy) is 1. The minimum Gasteiger partial charge on any atom is -0.497 e. The predicted octanol–water partition coefficient (Wildman–Crippen LogP) is 5.50. The largest absolute Gasteiger partial charge is 0.497 e. The Morgan fingerprint density at radius 3 is 2.74 bits per heavy atom. The van der Waals surface area contributed by atoms with Crippen LogP contribution in [0.1, 0.15) is 41.0 Å². The standard InChI is InChI=1S/C30H31N5O2S/c1-20-12-13-21(2)25(18-20)32-27(36)14-17-35-29(28(33-30(35)38)24-10-4-5-15-31-24)26-11-7-16-34(26)22-8-6-9-23(19-22)37-3/h4-13,15-16,18-19,28-29H,14,17H2,1-3H3,(H,32,36)(H,33,38)/t28-,29+/m0/s1. The van der Waals surface area contributed by atoms with Gasteiger partial charge in [-0.15, -0.1) is 0 Å². The lowest BCUT2D eigenvalue weighted by Gasteiger charge is -2.29. The number of rotatable bonds is 8. The molecule has 2 N–H and O–H groups in total. The molecular weight excluding hydrogens is 494 g/mol. The predicted molar refractivity (Wildman–Crippen MR) is 154 cm³/mol. The number of anilines is 1. The van der Waals surface area contributed by atoms with E-state index in [2.05, 4.69) is 31.2 Å². The summed E-state index contributed by atoms with van der Waals surface area (Å²) >= 11 is 5.81. The zero-order valence-corrected chi connectivity index (χ0v) is 22.5. The van der Waals surface area contributed by atoms with Crippen molar-refractivity contribution in [2.75, 3.05) is 19.0 Å². The maximum absolute atomic E-state index is 13.0. The molecule has 7 nitrogen and oxygen atoms in total. The number of nitrogens with zero attached hydrogens (tertiary/aromatic N) is 3. The second-order valence-corrected chi connectivity index (χ2v) is 9.83. The fourth-order valence-corrected chi connectivity index (χ4v) is 5.24. The molecule has 38 heavy (non-hydrogen) atoms. The summed E-state index contributed by atoms with van der Waals surface area (Å²) in [5.41, 5.74) is 5.89. The smallest absolute Gasteiger partial charge is 0.226 e. The van der Waals surface area contributed by atoms with E-state index in [1.165, 1.54) is 0 Å². The minimum atomic E-state index is -0.176. The number of benzene rings is 2. The highest BCUT2D eigenvalue weighted by atomic mass is 32.1. The van der Waals surface area contributed by atoms with Gasteiger partial charge < -0.3 is 24.8 Å². The molecule has 1 fully saturated rings. The number of hydrogen-bond donors (Lipinski definition) is 2. The number of carbonyl (C=O) groups excluding carboxylic acids is 1. The summed E-state index contributed by atoms with van der Waals surface area (Å²) in [6, 6.07) is 23.7. The van der Waals surface area contributed by atoms with Crippen LogP contribution in [0.2, 0.25) is 0 Å². The lowest BCUT2D eigenvalue weighted by Crippen LogP contribution is -2.33. The highest BCUT2D eigenvalue weighted by Crippen LogP contribution is 2.39. The summed E-state index contributed by atoms with van der Waals surface area (Å²) in [6.07, 6.45) is 4.12. The Hall–Kier alpha value is -4.17. The van der Waals surface area contributed by atoms with Crippen molar-refractivity contribution in [3.8, 4) is 11.4 Å². The van der Waals surface area contributed by atoms with E-state index in [1.54, 1.807) is 13.3 Å². The second-order valence-electron chi connectivity index (χ2n) is 9.44. The summed E-state index contributed by atoms with van der Waals surface area (Å²) in [5, 5.41) is 7.15. The Morgan fingerprint density at radius 2 is 1.95 bits per heavy atom. The molecule has 0 spiro atoms. The van der Waals surface area contributed by atoms with Gasteiger partial charge in [-0.2, -0.15) is 0 Å². The first-order chi connectivity index (χ1) is 18.4. The fraction of sp³-hybridized carbons (Fsp3) is 0.233. The van der Waals surface area contributed by atoms with Gasteiger partial charge in [0.2, 0.25) is 5.91 Å². The zero-order chi connectivity index (χ0) is 26.6. The van der Waals surface area contributed by atoms with Crippen molar-refractivity contribution in [1.29, 1.82) is 0 Å². The Kier molecular flexibility index (Phi) is 7.42. The quantitative estimate of drug-likeness (QED) is 0.296. The van der Waals surface area contributed by atoms with Crippen LogP contribution in [0.25, 0.3) is 5.69 Å². The molecule has 0 unspecified atom stereocenters. The molecule has 0 radical (unpaired) electrons. The third kappa shape index (κ3) is 5.26. The summed E-state index contributed by atoms with van der Waals surface area (Å²) in [6.45, 7) is 4.47.